The number of fused-ring (bicyclic) bond motifs is 1. The summed E-state index contributed by atoms with van der Waals surface area (Å²) in [6, 6.07) is 11.8. The Bertz CT molecular complexity index is 1020. The highest BCUT2D eigenvalue weighted by atomic mass is 19.1. The number of rotatable bonds is 3. The van der Waals surface area contributed by atoms with Gasteiger partial charge >= 0.3 is 0 Å². The van der Waals surface area contributed by atoms with Crippen molar-refractivity contribution in [2.45, 2.75) is 39.7 Å². The molecule has 0 atom stereocenters. The average molecular weight is 366 g/mol. The number of nitrogens with zero attached hydrogens (tertiary/aromatic N) is 1. The molecule has 3 rings (SSSR count). The molecule has 0 aliphatic heterocycles. The van der Waals surface area contributed by atoms with E-state index in [0.717, 1.165) is 22.7 Å². The lowest BCUT2D eigenvalue weighted by Crippen LogP contribution is -2.23. The number of halogens is 1. The molecule has 140 valence electrons. The molecule has 0 bridgehead atoms. The van der Waals surface area contributed by atoms with Crippen molar-refractivity contribution in [1.29, 1.82) is 0 Å². The van der Waals surface area contributed by atoms with E-state index >= 15 is 0 Å². The molecular weight excluding hydrogens is 343 g/mol. The van der Waals surface area contributed by atoms with Crippen LogP contribution in [0.5, 0.6) is 5.75 Å². The Morgan fingerprint density at radius 3 is 2.59 bits per heavy atom. The fourth-order valence-corrected chi connectivity index (χ4v) is 2.83. The van der Waals surface area contributed by atoms with Crippen LogP contribution in [0.15, 0.2) is 42.5 Å². The number of aromatic nitrogens is 1. The molecule has 0 aliphatic rings. The normalized spacial score (nSPS) is 11.6. The molecule has 1 aromatic heterocycles. The molecule has 2 N–H and O–H groups in total. The van der Waals surface area contributed by atoms with Crippen LogP contribution < -0.4 is 5.32 Å². The molecular formula is C22H23FN2O2. The topological polar surface area (TPSA) is 62.2 Å². The van der Waals surface area contributed by atoms with Crippen LogP contribution in [0.2, 0.25) is 0 Å². The standard InChI is InChI=1S/C22H23FN2O2/c1-13-9-16(17(23)11-19(13)26)12-24-21(27)15-5-7-18-14(10-15)6-8-20(25-18)22(2,3)4/h5-11,26H,12H2,1-4H3,(H,24,27). The van der Waals surface area contributed by atoms with Crippen molar-refractivity contribution >= 4 is 16.8 Å². The summed E-state index contributed by atoms with van der Waals surface area (Å²) in [7, 11) is 0. The number of pyridine rings is 1. The number of hydrogen-bond acceptors (Lipinski definition) is 3. The van der Waals surface area contributed by atoms with Crippen LogP contribution in [0.25, 0.3) is 10.9 Å². The number of hydrogen-bond donors (Lipinski definition) is 2. The Hall–Kier alpha value is -2.95. The average Bonchev–Trinajstić information content (AvgIpc) is 2.61. The maximum atomic E-state index is 13.9. The zero-order chi connectivity index (χ0) is 19.8. The molecule has 5 heteroatoms. The molecule has 0 radical (unpaired) electrons. The van der Waals surface area contributed by atoms with E-state index in [-0.39, 0.29) is 23.6 Å². The Kier molecular flexibility index (Phi) is 4.87. The molecule has 1 amide bonds. The molecule has 0 saturated carbocycles. The summed E-state index contributed by atoms with van der Waals surface area (Å²) in [6.07, 6.45) is 0. The van der Waals surface area contributed by atoms with Crippen molar-refractivity contribution < 1.29 is 14.3 Å². The van der Waals surface area contributed by atoms with Gasteiger partial charge in [-0.3, -0.25) is 9.78 Å². The second-order valence-corrected chi connectivity index (χ2v) is 7.77. The van der Waals surface area contributed by atoms with Gasteiger partial charge in [0, 0.05) is 40.2 Å². The highest BCUT2D eigenvalue weighted by Gasteiger charge is 2.16. The molecule has 27 heavy (non-hydrogen) atoms. The lowest BCUT2D eigenvalue weighted by Gasteiger charge is -2.18. The van der Waals surface area contributed by atoms with E-state index in [4.69, 9.17) is 0 Å². The van der Waals surface area contributed by atoms with E-state index in [2.05, 4.69) is 31.1 Å². The summed E-state index contributed by atoms with van der Waals surface area (Å²) in [6.45, 7) is 8.04. The van der Waals surface area contributed by atoms with Crippen molar-refractivity contribution in [3.63, 3.8) is 0 Å². The number of aryl methyl sites for hydroxylation is 1. The number of phenols is 1. The summed E-state index contributed by atoms with van der Waals surface area (Å²) in [5.41, 5.74) is 3.16. The summed E-state index contributed by atoms with van der Waals surface area (Å²) in [5.74, 6) is -0.933. The number of phenolic OH excluding ortho intramolecular Hbond substituents is 1. The van der Waals surface area contributed by atoms with Crippen molar-refractivity contribution in [3.05, 3.63) is 70.7 Å². The minimum Gasteiger partial charge on any atom is -0.508 e. The van der Waals surface area contributed by atoms with Crippen LogP contribution >= 0.6 is 0 Å². The van der Waals surface area contributed by atoms with Gasteiger partial charge in [-0.1, -0.05) is 26.8 Å². The highest BCUT2D eigenvalue weighted by Crippen LogP contribution is 2.24. The van der Waals surface area contributed by atoms with E-state index in [1.807, 2.05) is 18.2 Å². The third kappa shape index (κ3) is 4.08. The number of amides is 1. The van der Waals surface area contributed by atoms with Gasteiger partial charge in [-0.15, -0.1) is 0 Å². The van der Waals surface area contributed by atoms with Gasteiger partial charge in [-0.25, -0.2) is 4.39 Å². The third-order valence-corrected chi connectivity index (χ3v) is 4.52. The van der Waals surface area contributed by atoms with Crippen LogP contribution in [-0.4, -0.2) is 16.0 Å². The lowest BCUT2D eigenvalue weighted by molar-refractivity contribution is 0.0950. The minimum absolute atomic E-state index is 0.0451. The van der Waals surface area contributed by atoms with Gasteiger partial charge < -0.3 is 10.4 Å². The fraction of sp³-hybridized carbons (Fsp3) is 0.273. The molecule has 4 nitrogen and oxygen atoms in total. The number of aromatic hydroxyl groups is 1. The maximum absolute atomic E-state index is 13.9. The molecule has 0 spiro atoms. The quantitative estimate of drug-likeness (QED) is 0.711. The Labute approximate surface area is 158 Å². The predicted octanol–water partition coefficient (Wildman–Crippen LogP) is 4.62. The largest absolute Gasteiger partial charge is 0.508 e. The summed E-state index contributed by atoms with van der Waals surface area (Å²) >= 11 is 0. The summed E-state index contributed by atoms with van der Waals surface area (Å²) in [4.78, 5) is 17.1. The zero-order valence-electron chi connectivity index (χ0n) is 15.9. The molecule has 0 aliphatic carbocycles. The van der Waals surface area contributed by atoms with Gasteiger partial charge in [0.05, 0.1) is 5.52 Å². The number of carbonyl (C=O) groups is 1. The minimum atomic E-state index is -0.546. The molecule has 1 heterocycles. The predicted molar refractivity (Wildman–Crippen MR) is 104 cm³/mol. The monoisotopic (exact) mass is 366 g/mol. The van der Waals surface area contributed by atoms with Gasteiger partial charge in [0.2, 0.25) is 0 Å². The Morgan fingerprint density at radius 1 is 1.15 bits per heavy atom. The van der Waals surface area contributed by atoms with Gasteiger partial charge in [-0.2, -0.15) is 0 Å². The number of benzene rings is 2. The second-order valence-electron chi connectivity index (χ2n) is 7.77. The zero-order valence-corrected chi connectivity index (χ0v) is 15.9. The van der Waals surface area contributed by atoms with E-state index < -0.39 is 5.82 Å². The number of carbonyl (C=O) groups excluding carboxylic acids is 1. The molecule has 3 aromatic rings. The summed E-state index contributed by atoms with van der Waals surface area (Å²) in [5, 5.41) is 13.1. The van der Waals surface area contributed by atoms with Crippen molar-refractivity contribution in [2.24, 2.45) is 0 Å². The van der Waals surface area contributed by atoms with Crippen molar-refractivity contribution in [1.82, 2.24) is 10.3 Å². The first-order valence-corrected chi connectivity index (χ1v) is 8.82. The maximum Gasteiger partial charge on any atom is 0.251 e. The smallest absolute Gasteiger partial charge is 0.251 e. The molecule has 0 fully saturated rings. The van der Waals surface area contributed by atoms with Crippen LogP contribution in [0.3, 0.4) is 0 Å². The van der Waals surface area contributed by atoms with E-state index in [1.165, 1.54) is 6.07 Å². The van der Waals surface area contributed by atoms with Gasteiger partial charge in [0.1, 0.15) is 11.6 Å². The molecule has 2 aromatic carbocycles. The second kappa shape index (κ2) is 6.99. The van der Waals surface area contributed by atoms with E-state index in [9.17, 15) is 14.3 Å². The van der Waals surface area contributed by atoms with Crippen LogP contribution in [0.4, 0.5) is 4.39 Å². The van der Waals surface area contributed by atoms with Crippen LogP contribution in [0.1, 0.15) is 48.0 Å². The van der Waals surface area contributed by atoms with Gasteiger partial charge in [-0.05, 0) is 42.8 Å². The van der Waals surface area contributed by atoms with Crippen molar-refractivity contribution in [3.8, 4) is 5.75 Å². The molecule has 0 unspecified atom stereocenters. The van der Waals surface area contributed by atoms with E-state index in [1.54, 1.807) is 19.1 Å². The first kappa shape index (κ1) is 18.8. The first-order chi connectivity index (χ1) is 12.6. The lowest BCUT2D eigenvalue weighted by atomic mass is 9.91. The van der Waals surface area contributed by atoms with Crippen LogP contribution in [0, 0.1) is 12.7 Å². The van der Waals surface area contributed by atoms with Crippen LogP contribution in [-0.2, 0) is 12.0 Å². The number of nitrogens with one attached hydrogen (secondary N) is 1. The third-order valence-electron chi connectivity index (χ3n) is 4.52. The summed E-state index contributed by atoms with van der Waals surface area (Å²) < 4.78 is 13.9. The van der Waals surface area contributed by atoms with E-state index in [0.29, 0.717) is 16.7 Å². The Morgan fingerprint density at radius 2 is 1.89 bits per heavy atom. The Balaban J connectivity index is 1.79. The highest BCUT2D eigenvalue weighted by molar-refractivity contribution is 5.97. The van der Waals surface area contributed by atoms with Crippen molar-refractivity contribution in [2.75, 3.05) is 0 Å². The van der Waals surface area contributed by atoms with Gasteiger partial charge in [0.25, 0.3) is 5.91 Å². The fourth-order valence-electron chi connectivity index (χ4n) is 2.83. The SMILES string of the molecule is Cc1cc(CNC(=O)c2ccc3nc(C(C)(C)C)ccc3c2)c(F)cc1O. The first-order valence-electron chi connectivity index (χ1n) is 8.82. The molecule has 0 saturated heterocycles. The van der Waals surface area contributed by atoms with Gasteiger partial charge in [0.15, 0.2) is 0 Å².